The van der Waals surface area contributed by atoms with E-state index >= 15 is 0 Å². The van der Waals surface area contributed by atoms with Crippen LogP contribution in [0.2, 0.25) is 0 Å². The Morgan fingerprint density at radius 1 is 1.29 bits per heavy atom. The molecule has 3 heteroatoms. The maximum absolute atomic E-state index is 11.6. The summed E-state index contributed by atoms with van der Waals surface area (Å²) in [7, 11) is 0. The first-order chi connectivity index (χ1) is 10.0. The summed E-state index contributed by atoms with van der Waals surface area (Å²) in [6.45, 7) is 8.71. The van der Waals surface area contributed by atoms with Crippen molar-refractivity contribution in [3.63, 3.8) is 0 Å². The van der Waals surface area contributed by atoms with E-state index in [0.29, 0.717) is 12.3 Å². The van der Waals surface area contributed by atoms with Crippen molar-refractivity contribution >= 4 is 5.97 Å². The van der Waals surface area contributed by atoms with E-state index in [9.17, 15) is 4.79 Å². The van der Waals surface area contributed by atoms with E-state index in [-0.39, 0.29) is 23.3 Å². The van der Waals surface area contributed by atoms with Crippen molar-refractivity contribution in [3.8, 4) is 0 Å². The fourth-order valence-corrected chi connectivity index (χ4v) is 3.91. The van der Waals surface area contributed by atoms with Crippen LogP contribution in [0, 0.1) is 5.92 Å². The Hall–Kier alpha value is -0.830. The molecule has 0 radical (unpaired) electrons. The van der Waals surface area contributed by atoms with Crippen molar-refractivity contribution in [1.82, 2.24) is 0 Å². The molecule has 0 saturated carbocycles. The highest BCUT2D eigenvalue weighted by Crippen LogP contribution is 2.51. The van der Waals surface area contributed by atoms with Gasteiger partial charge < -0.3 is 9.47 Å². The lowest BCUT2D eigenvalue weighted by atomic mass is 9.79. The molecule has 0 aliphatic carbocycles. The summed E-state index contributed by atoms with van der Waals surface area (Å²) in [4.78, 5) is 11.6. The minimum atomic E-state index is -0.361. The molecular weight excluding hydrogens is 264 g/mol. The molecule has 0 aromatic heterocycles. The Balaban J connectivity index is 2.13. The third-order valence-electron chi connectivity index (χ3n) is 5.31. The number of fused-ring (bicyclic) bond motifs is 1. The maximum atomic E-state index is 11.6. The van der Waals surface area contributed by atoms with E-state index in [1.54, 1.807) is 0 Å². The number of esters is 1. The number of allylic oxidation sites excluding steroid dienone is 2. The van der Waals surface area contributed by atoms with Crippen molar-refractivity contribution in [2.75, 3.05) is 0 Å². The summed E-state index contributed by atoms with van der Waals surface area (Å²) in [6, 6.07) is 0. The molecule has 4 atom stereocenters. The van der Waals surface area contributed by atoms with Gasteiger partial charge in [0.1, 0.15) is 11.7 Å². The van der Waals surface area contributed by atoms with Gasteiger partial charge in [0, 0.05) is 6.42 Å². The fraction of sp³-hybridized carbons (Fsp3) is 0.833. The fourth-order valence-electron chi connectivity index (χ4n) is 3.91. The highest BCUT2D eigenvalue weighted by Gasteiger charge is 2.60. The molecule has 2 fully saturated rings. The molecule has 0 amide bonds. The van der Waals surface area contributed by atoms with Gasteiger partial charge in [0.25, 0.3) is 0 Å². The van der Waals surface area contributed by atoms with E-state index in [1.165, 1.54) is 0 Å². The molecule has 2 heterocycles. The van der Waals surface area contributed by atoms with Crippen LogP contribution in [0.1, 0.15) is 72.6 Å². The monoisotopic (exact) mass is 294 g/mol. The molecule has 2 aliphatic heterocycles. The molecule has 3 nitrogen and oxygen atoms in total. The standard InChI is InChI=1S/C18H30O3/c1-5-9-10-14(6-2)12-17(7-3)13-18(8-4)15(20-17)11-16(19)21-18/h9-10,14-15H,5-8,11-13H2,1-4H3/b10-9+/t14?,15-,17-,18-/m0/s1. The van der Waals surface area contributed by atoms with Crippen LogP contribution >= 0.6 is 0 Å². The van der Waals surface area contributed by atoms with Crippen molar-refractivity contribution < 1.29 is 14.3 Å². The third kappa shape index (κ3) is 3.18. The second-order valence-corrected chi connectivity index (χ2v) is 6.63. The number of rotatable bonds is 7. The molecule has 0 spiro atoms. The number of ether oxygens (including phenoxy) is 2. The lowest BCUT2D eigenvalue weighted by Crippen LogP contribution is -2.36. The van der Waals surface area contributed by atoms with Crippen LogP contribution in [0.4, 0.5) is 0 Å². The Kier molecular flexibility index (Phi) is 5.13. The summed E-state index contributed by atoms with van der Waals surface area (Å²) in [6.07, 6.45) is 10.9. The topological polar surface area (TPSA) is 35.5 Å². The Labute approximate surface area is 129 Å². The highest BCUT2D eigenvalue weighted by atomic mass is 16.6. The maximum Gasteiger partial charge on any atom is 0.309 e. The molecular formula is C18H30O3. The molecule has 120 valence electrons. The molecule has 0 N–H and O–H groups in total. The molecule has 2 saturated heterocycles. The van der Waals surface area contributed by atoms with Crippen LogP contribution in [-0.4, -0.2) is 23.3 Å². The van der Waals surface area contributed by atoms with E-state index in [2.05, 4.69) is 39.8 Å². The lowest BCUT2D eigenvalue weighted by Gasteiger charge is -2.32. The zero-order valence-electron chi connectivity index (χ0n) is 14.0. The largest absolute Gasteiger partial charge is 0.456 e. The first-order valence-electron chi connectivity index (χ1n) is 8.59. The van der Waals surface area contributed by atoms with Gasteiger partial charge in [-0.15, -0.1) is 0 Å². The minimum absolute atomic E-state index is 0.0392. The molecule has 2 aliphatic rings. The predicted octanol–water partition coefficient (Wildman–Crippen LogP) is 4.40. The summed E-state index contributed by atoms with van der Waals surface area (Å²) in [5, 5.41) is 0. The van der Waals surface area contributed by atoms with Crippen molar-refractivity contribution in [2.24, 2.45) is 5.92 Å². The summed E-state index contributed by atoms with van der Waals surface area (Å²) in [5.41, 5.74) is -0.486. The number of carbonyl (C=O) groups is 1. The van der Waals surface area contributed by atoms with E-state index in [1.807, 2.05) is 0 Å². The zero-order valence-corrected chi connectivity index (χ0v) is 14.0. The summed E-state index contributed by atoms with van der Waals surface area (Å²) >= 11 is 0. The Morgan fingerprint density at radius 2 is 2.05 bits per heavy atom. The van der Waals surface area contributed by atoms with Crippen molar-refractivity contribution in [3.05, 3.63) is 12.2 Å². The second kappa shape index (κ2) is 6.51. The average molecular weight is 294 g/mol. The smallest absolute Gasteiger partial charge is 0.309 e. The first kappa shape index (κ1) is 16.5. The Bertz CT molecular complexity index is 403. The van der Waals surface area contributed by atoms with E-state index < -0.39 is 0 Å². The van der Waals surface area contributed by atoms with E-state index in [0.717, 1.165) is 38.5 Å². The van der Waals surface area contributed by atoms with Crippen LogP contribution in [0.3, 0.4) is 0 Å². The van der Waals surface area contributed by atoms with Gasteiger partial charge in [0.2, 0.25) is 0 Å². The third-order valence-corrected chi connectivity index (χ3v) is 5.31. The van der Waals surface area contributed by atoms with Gasteiger partial charge in [-0.2, -0.15) is 0 Å². The van der Waals surface area contributed by atoms with Crippen LogP contribution in [0.5, 0.6) is 0 Å². The molecule has 0 bridgehead atoms. The summed E-state index contributed by atoms with van der Waals surface area (Å²) < 4.78 is 12.1. The number of hydrogen-bond acceptors (Lipinski definition) is 3. The first-order valence-corrected chi connectivity index (χ1v) is 8.59. The molecule has 0 aromatic carbocycles. The van der Waals surface area contributed by atoms with Crippen LogP contribution in [0.15, 0.2) is 12.2 Å². The quantitative estimate of drug-likeness (QED) is 0.515. The van der Waals surface area contributed by atoms with Crippen molar-refractivity contribution in [2.45, 2.75) is 89.9 Å². The van der Waals surface area contributed by atoms with Gasteiger partial charge in [-0.3, -0.25) is 4.79 Å². The van der Waals surface area contributed by atoms with Gasteiger partial charge >= 0.3 is 5.97 Å². The predicted molar refractivity (Wildman–Crippen MR) is 84.1 cm³/mol. The SMILES string of the molecule is CC/C=C/C(CC)C[C@@]1(CC)C[C@]2(CC)OC(=O)C[C@@H]2O1. The normalized spacial score (nSPS) is 37.0. The molecule has 2 rings (SSSR count). The van der Waals surface area contributed by atoms with Crippen LogP contribution in [0.25, 0.3) is 0 Å². The van der Waals surface area contributed by atoms with Crippen LogP contribution in [-0.2, 0) is 14.3 Å². The summed E-state index contributed by atoms with van der Waals surface area (Å²) in [5.74, 6) is 0.456. The van der Waals surface area contributed by atoms with Gasteiger partial charge in [-0.25, -0.2) is 0 Å². The van der Waals surface area contributed by atoms with Gasteiger partial charge in [0.05, 0.1) is 12.0 Å². The molecule has 0 aromatic rings. The molecule has 21 heavy (non-hydrogen) atoms. The second-order valence-electron chi connectivity index (χ2n) is 6.63. The van der Waals surface area contributed by atoms with Gasteiger partial charge in [-0.05, 0) is 38.0 Å². The number of hydrogen-bond donors (Lipinski definition) is 0. The molecule has 1 unspecified atom stereocenters. The number of carbonyl (C=O) groups excluding carboxylic acids is 1. The van der Waals surface area contributed by atoms with Crippen molar-refractivity contribution in [1.29, 1.82) is 0 Å². The van der Waals surface area contributed by atoms with Gasteiger partial charge in [-0.1, -0.05) is 39.8 Å². The zero-order chi connectivity index (χ0) is 15.5. The highest BCUT2D eigenvalue weighted by molar-refractivity contribution is 5.73. The van der Waals surface area contributed by atoms with E-state index in [4.69, 9.17) is 9.47 Å². The Morgan fingerprint density at radius 3 is 2.57 bits per heavy atom. The average Bonchev–Trinajstić information content (AvgIpc) is 2.93. The minimum Gasteiger partial charge on any atom is -0.456 e. The van der Waals surface area contributed by atoms with Gasteiger partial charge in [0.15, 0.2) is 0 Å². The lowest BCUT2D eigenvalue weighted by molar-refractivity contribution is -0.149. The van der Waals surface area contributed by atoms with Crippen LogP contribution < -0.4 is 0 Å².